The molecule has 3 rings (SSSR count). The van der Waals surface area contributed by atoms with Crippen LogP contribution in [0.25, 0.3) is 0 Å². The Balaban J connectivity index is 1.60. The zero-order valence-corrected chi connectivity index (χ0v) is 14.8. The van der Waals surface area contributed by atoms with Gasteiger partial charge in [0.2, 0.25) is 5.91 Å². The van der Waals surface area contributed by atoms with Gasteiger partial charge >= 0.3 is 0 Å². The third kappa shape index (κ3) is 4.36. The summed E-state index contributed by atoms with van der Waals surface area (Å²) in [4.78, 5) is 38.4. The van der Waals surface area contributed by atoms with E-state index >= 15 is 0 Å². The molecule has 28 heavy (non-hydrogen) atoms. The summed E-state index contributed by atoms with van der Waals surface area (Å²) in [6.45, 7) is 1.70. The third-order valence-electron chi connectivity index (χ3n) is 3.96. The molecule has 10 heteroatoms. The molecule has 0 spiro atoms. The molecule has 1 heterocycles. The minimum atomic E-state index is -0.529. The second kappa shape index (κ2) is 8.08. The highest BCUT2D eigenvalue weighted by molar-refractivity contribution is 6.04. The van der Waals surface area contributed by atoms with E-state index in [0.29, 0.717) is 16.9 Å². The van der Waals surface area contributed by atoms with Gasteiger partial charge in [0.05, 0.1) is 4.92 Å². The number of carbonyl (C=O) groups excluding carboxylic acids is 2. The highest BCUT2D eigenvalue weighted by Gasteiger charge is 2.15. The van der Waals surface area contributed by atoms with Crippen LogP contribution < -0.4 is 10.6 Å². The Hall–Kier alpha value is -4.08. The number of nitrogens with one attached hydrogen (secondary N) is 2. The van der Waals surface area contributed by atoms with Gasteiger partial charge in [0.25, 0.3) is 11.6 Å². The van der Waals surface area contributed by atoms with E-state index in [-0.39, 0.29) is 11.6 Å². The van der Waals surface area contributed by atoms with Crippen molar-refractivity contribution in [3.8, 4) is 0 Å². The zero-order chi connectivity index (χ0) is 20.1. The first-order chi connectivity index (χ1) is 13.4. The highest BCUT2D eigenvalue weighted by atomic mass is 16.6. The van der Waals surface area contributed by atoms with Crippen LogP contribution in [0.1, 0.15) is 23.3 Å². The molecule has 1 aromatic heterocycles. The summed E-state index contributed by atoms with van der Waals surface area (Å²) in [5.74, 6) is -0.653. The fourth-order valence-corrected chi connectivity index (χ4v) is 2.36. The largest absolute Gasteiger partial charge is 0.324 e. The van der Waals surface area contributed by atoms with E-state index in [1.54, 1.807) is 31.2 Å². The number of hydrogen-bond acceptors (Lipinski definition) is 6. The Morgan fingerprint density at radius 1 is 1.04 bits per heavy atom. The molecule has 0 bridgehead atoms. The van der Waals surface area contributed by atoms with Crippen molar-refractivity contribution in [3.63, 3.8) is 0 Å². The number of nitrogens with zero attached hydrogens (tertiary/aromatic N) is 4. The molecule has 10 nitrogen and oxygen atoms in total. The summed E-state index contributed by atoms with van der Waals surface area (Å²) in [5.41, 5.74) is 1.29. The second-order valence-electron chi connectivity index (χ2n) is 5.88. The lowest BCUT2D eigenvalue weighted by molar-refractivity contribution is -0.384. The normalized spacial score (nSPS) is 11.5. The van der Waals surface area contributed by atoms with Crippen LogP contribution in [0.15, 0.2) is 61.2 Å². The Morgan fingerprint density at radius 2 is 1.64 bits per heavy atom. The maximum absolute atomic E-state index is 12.2. The van der Waals surface area contributed by atoms with Crippen molar-refractivity contribution < 1.29 is 14.5 Å². The third-order valence-corrected chi connectivity index (χ3v) is 3.96. The summed E-state index contributed by atoms with van der Waals surface area (Å²) in [6.07, 6.45) is 2.81. The number of anilines is 2. The molecule has 0 aliphatic rings. The smallest absolute Gasteiger partial charge is 0.269 e. The van der Waals surface area contributed by atoms with E-state index < -0.39 is 16.9 Å². The predicted octanol–water partition coefficient (Wildman–Crippen LogP) is 2.64. The number of benzene rings is 2. The SMILES string of the molecule is C[C@@H](C(=O)Nc1ccc(NC(=O)c2ccc([N+](=O)[O-])cc2)cc1)n1cncn1. The number of non-ortho nitro benzene ring substituents is 1. The molecule has 0 aliphatic heterocycles. The maximum atomic E-state index is 12.2. The summed E-state index contributed by atoms with van der Waals surface area (Å²) >= 11 is 0. The van der Waals surface area contributed by atoms with Crippen LogP contribution in [0.2, 0.25) is 0 Å². The quantitative estimate of drug-likeness (QED) is 0.499. The van der Waals surface area contributed by atoms with Gasteiger partial charge in [0.15, 0.2) is 0 Å². The number of nitro groups is 1. The minimum absolute atomic E-state index is 0.0863. The Bertz CT molecular complexity index is 984. The number of amides is 2. The average Bonchev–Trinajstić information content (AvgIpc) is 3.23. The fourth-order valence-electron chi connectivity index (χ4n) is 2.36. The van der Waals surface area contributed by atoms with E-state index in [1.807, 2.05) is 0 Å². The second-order valence-corrected chi connectivity index (χ2v) is 5.88. The highest BCUT2D eigenvalue weighted by Crippen LogP contribution is 2.17. The Kier molecular flexibility index (Phi) is 5.40. The molecule has 142 valence electrons. The van der Waals surface area contributed by atoms with Crippen molar-refractivity contribution in [3.05, 3.63) is 76.9 Å². The van der Waals surface area contributed by atoms with E-state index in [4.69, 9.17) is 0 Å². The molecular weight excluding hydrogens is 364 g/mol. The minimum Gasteiger partial charge on any atom is -0.324 e. The summed E-state index contributed by atoms with van der Waals surface area (Å²) in [5, 5.41) is 20.0. The first-order valence-corrected chi connectivity index (χ1v) is 8.25. The molecule has 2 aromatic carbocycles. The van der Waals surface area contributed by atoms with Crippen molar-refractivity contribution >= 4 is 28.9 Å². The molecule has 0 radical (unpaired) electrons. The Morgan fingerprint density at radius 3 is 2.18 bits per heavy atom. The van der Waals surface area contributed by atoms with Crippen LogP contribution in [0.5, 0.6) is 0 Å². The predicted molar refractivity (Wildman–Crippen MR) is 101 cm³/mol. The molecule has 0 aliphatic carbocycles. The van der Waals surface area contributed by atoms with Gasteiger partial charge in [-0.25, -0.2) is 9.67 Å². The van der Waals surface area contributed by atoms with Gasteiger partial charge < -0.3 is 10.6 Å². The van der Waals surface area contributed by atoms with E-state index in [9.17, 15) is 19.7 Å². The van der Waals surface area contributed by atoms with Crippen molar-refractivity contribution in [1.29, 1.82) is 0 Å². The zero-order valence-electron chi connectivity index (χ0n) is 14.8. The fraction of sp³-hybridized carbons (Fsp3) is 0.111. The molecule has 0 fully saturated rings. The van der Waals surface area contributed by atoms with Gasteiger partial charge in [-0.05, 0) is 43.3 Å². The van der Waals surface area contributed by atoms with Crippen LogP contribution in [-0.4, -0.2) is 31.5 Å². The lowest BCUT2D eigenvalue weighted by atomic mass is 10.2. The maximum Gasteiger partial charge on any atom is 0.269 e. The lowest BCUT2D eigenvalue weighted by Gasteiger charge is -2.12. The molecule has 0 saturated carbocycles. The Labute approximate surface area is 159 Å². The molecule has 3 aromatic rings. The van der Waals surface area contributed by atoms with Gasteiger partial charge in [-0.15, -0.1) is 0 Å². The van der Waals surface area contributed by atoms with Crippen LogP contribution in [0.4, 0.5) is 17.1 Å². The van der Waals surface area contributed by atoms with Crippen LogP contribution in [0, 0.1) is 10.1 Å². The van der Waals surface area contributed by atoms with Gasteiger partial charge in [-0.1, -0.05) is 0 Å². The summed E-state index contributed by atoms with van der Waals surface area (Å²) in [7, 11) is 0. The molecule has 0 saturated heterocycles. The van der Waals surface area contributed by atoms with E-state index in [0.717, 1.165) is 0 Å². The molecule has 0 unspecified atom stereocenters. The van der Waals surface area contributed by atoms with Crippen molar-refractivity contribution in [2.45, 2.75) is 13.0 Å². The first kappa shape index (κ1) is 18.7. The van der Waals surface area contributed by atoms with Gasteiger partial charge in [0, 0.05) is 29.1 Å². The topological polar surface area (TPSA) is 132 Å². The molecule has 2 amide bonds. The van der Waals surface area contributed by atoms with E-state index in [2.05, 4.69) is 20.7 Å². The standard InChI is InChI=1S/C18H16N6O4/c1-12(23-11-19-10-20-23)17(25)21-14-4-6-15(7-5-14)22-18(26)13-2-8-16(9-3-13)24(27)28/h2-12H,1H3,(H,21,25)(H,22,26)/t12-/m0/s1. The number of carbonyl (C=O) groups is 2. The van der Waals surface area contributed by atoms with Crippen molar-refractivity contribution in [2.24, 2.45) is 0 Å². The van der Waals surface area contributed by atoms with Crippen molar-refractivity contribution in [1.82, 2.24) is 14.8 Å². The number of hydrogen-bond donors (Lipinski definition) is 2. The van der Waals surface area contributed by atoms with Crippen molar-refractivity contribution in [2.75, 3.05) is 10.6 Å². The van der Waals surface area contributed by atoms with Crippen LogP contribution in [-0.2, 0) is 4.79 Å². The molecule has 1 atom stereocenters. The number of rotatable bonds is 6. The monoisotopic (exact) mass is 380 g/mol. The van der Waals surface area contributed by atoms with Gasteiger partial charge in [-0.2, -0.15) is 5.10 Å². The van der Waals surface area contributed by atoms with Gasteiger partial charge in [-0.3, -0.25) is 19.7 Å². The number of nitro benzene ring substituents is 1. The average molecular weight is 380 g/mol. The summed E-state index contributed by atoms with van der Waals surface area (Å²) < 4.78 is 1.44. The van der Waals surface area contributed by atoms with Gasteiger partial charge in [0.1, 0.15) is 18.7 Å². The van der Waals surface area contributed by atoms with Crippen LogP contribution in [0.3, 0.4) is 0 Å². The first-order valence-electron chi connectivity index (χ1n) is 8.25. The summed E-state index contributed by atoms with van der Waals surface area (Å²) in [6, 6.07) is 11.4. The van der Waals surface area contributed by atoms with E-state index in [1.165, 1.54) is 41.6 Å². The molecule has 2 N–H and O–H groups in total. The molecular formula is C18H16N6O4. The van der Waals surface area contributed by atoms with Crippen LogP contribution >= 0.6 is 0 Å². The number of aromatic nitrogens is 3. The lowest BCUT2D eigenvalue weighted by Crippen LogP contribution is -2.24.